The minimum absolute atomic E-state index is 0.0589. The van der Waals surface area contributed by atoms with Gasteiger partial charge in [0, 0.05) is 6.42 Å². The Bertz CT molecular complexity index is 496. The van der Waals surface area contributed by atoms with E-state index in [1.54, 1.807) is 12.1 Å². The summed E-state index contributed by atoms with van der Waals surface area (Å²) in [7, 11) is -3.82. The highest BCUT2D eigenvalue weighted by molar-refractivity contribution is 7.86. The third kappa shape index (κ3) is 4.19. The van der Waals surface area contributed by atoms with E-state index in [4.69, 9.17) is 10.6 Å². The van der Waals surface area contributed by atoms with Crippen LogP contribution in [0, 0.1) is 19.3 Å². The summed E-state index contributed by atoms with van der Waals surface area (Å²) in [4.78, 5) is 0.0657. The number of rotatable bonds is 5. The van der Waals surface area contributed by atoms with Gasteiger partial charge >= 0.3 is 0 Å². The Balaban J connectivity index is 2.70. The molecule has 0 saturated heterocycles. The highest BCUT2D eigenvalue weighted by Crippen LogP contribution is 2.13. The number of hydrogen-bond acceptors (Lipinski definition) is 4. The van der Waals surface area contributed by atoms with Crippen molar-refractivity contribution in [3.8, 4) is 12.3 Å². The number of aliphatic hydroxyl groups excluding tert-OH is 1. The standard InChI is InChI=1S/C12H14O4S/c1-3-4-11(13)9-16-17(14,15)12-7-5-10(2)6-8-12/h1,5-8,11,13H,4,9H2,2H3/t11-/m1/s1. The van der Waals surface area contributed by atoms with E-state index in [-0.39, 0.29) is 17.9 Å². The SMILES string of the molecule is C#CC[C@@H](O)COS(=O)(=O)c1ccc(C)cc1. The molecular weight excluding hydrogens is 240 g/mol. The Morgan fingerprint density at radius 3 is 2.53 bits per heavy atom. The molecule has 1 N–H and O–H groups in total. The van der Waals surface area contributed by atoms with Crippen molar-refractivity contribution in [1.29, 1.82) is 0 Å². The van der Waals surface area contributed by atoms with E-state index in [0.717, 1.165) is 5.56 Å². The van der Waals surface area contributed by atoms with Crippen LogP contribution in [0.25, 0.3) is 0 Å². The first-order chi connectivity index (χ1) is 7.95. The van der Waals surface area contributed by atoms with Crippen LogP contribution in [0.5, 0.6) is 0 Å². The summed E-state index contributed by atoms with van der Waals surface area (Å²) in [6.07, 6.45) is 4.07. The first kappa shape index (κ1) is 13.7. The summed E-state index contributed by atoms with van der Waals surface area (Å²) in [5.41, 5.74) is 0.955. The first-order valence-corrected chi connectivity index (χ1v) is 6.44. The molecule has 0 spiro atoms. The molecule has 4 nitrogen and oxygen atoms in total. The molecule has 0 bridgehead atoms. The Morgan fingerprint density at radius 2 is 2.00 bits per heavy atom. The molecule has 0 unspecified atom stereocenters. The third-order valence-electron chi connectivity index (χ3n) is 2.08. The van der Waals surface area contributed by atoms with E-state index < -0.39 is 16.2 Å². The van der Waals surface area contributed by atoms with Crippen molar-refractivity contribution in [2.45, 2.75) is 24.3 Å². The summed E-state index contributed by atoms with van der Waals surface area (Å²) in [5.74, 6) is 2.23. The van der Waals surface area contributed by atoms with Crippen LogP contribution in [0.15, 0.2) is 29.2 Å². The van der Waals surface area contributed by atoms with Gasteiger partial charge < -0.3 is 5.11 Å². The molecule has 0 heterocycles. The molecule has 0 aromatic heterocycles. The van der Waals surface area contributed by atoms with Crippen LogP contribution in [0.2, 0.25) is 0 Å². The minimum atomic E-state index is -3.82. The number of hydrogen-bond donors (Lipinski definition) is 1. The molecule has 1 rings (SSSR count). The third-order valence-corrected chi connectivity index (χ3v) is 3.37. The number of terminal acetylenes is 1. The van der Waals surface area contributed by atoms with Gasteiger partial charge in [0.2, 0.25) is 0 Å². The zero-order valence-electron chi connectivity index (χ0n) is 9.46. The quantitative estimate of drug-likeness (QED) is 0.631. The average Bonchev–Trinajstić information content (AvgIpc) is 2.28. The zero-order valence-corrected chi connectivity index (χ0v) is 10.3. The Kier molecular flexibility index (Phi) is 4.70. The van der Waals surface area contributed by atoms with E-state index in [0.29, 0.717) is 0 Å². The molecule has 92 valence electrons. The van der Waals surface area contributed by atoms with Gasteiger partial charge in [-0.1, -0.05) is 17.7 Å². The van der Waals surface area contributed by atoms with E-state index in [1.165, 1.54) is 12.1 Å². The van der Waals surface area contributed by atoms with Crippen molar-refractivity contribution < 1.29 is 17.7 Å². The highest BCUT2D eigenvalue weighted by atomic mass is 32.2. The van der Waals surface area contributed by atoms with Crippen molar-refractivity contribution in [1.82, 2.24) is 0 Å². The van der Waals surface area contributed by atoms with E-state index in [2.05, 4.69) is 5.92 Å². The van der Waals surface area contributed by atoms with Crippen LogP contribution in [-0.2, 0) is 14.3 Å². The largest absolute Gasteiger partial charge is 0.390 e. The number of benzene rings is 1. The Hall–Kier alpha value is -1.35. The molecule has 0 fully saturated rings. The summed E-state index contributed by atoms with van der Waals surface area (Å²) >= 11 is 0. The topological polar surface area (TPSA) is 63.6 Å². The van der Waals surface area contributed by atoms with Gasteiger partial charge in [-0.3, -0.25) is 4.18 Å². The van der Waals surface area contributed by atoms with Crippen molar-refractivity contribution in [2.75, 3.05) is 6.61 Å². The summed E-state index contributed by atoms with van der Waals surface area (Å²) < 4.78 is 28.0. The predicted octanol–water partition coefficient (Wildman–Crippen LogP) is 1.08. The molecule has 1 aromatic rings. The van der Waals surface area contributed by atoms with Crippen LogP contribution >= 0.6 is 0 Å². The normalized spacial score (nSPS) is 13.0. The van der Waals surface area contributed by atoms with Gasteiger partial charge in [0.05, 0.1) is 17.6 Å². The van der Waals surface area contributed by atoms with Gasteiger partial charge in [0.25, 0.3) is 10.1 Å². The summed E-state index contributed by atoms with van der Waals surface area (Å²) in [6, 6.07) is 6.26. The van der Waals surface area contributed by atoms with Crippen molar-refractivity contribution in [3.05, 3.63) is 29.8 Å². The maximum absolute atomic E-state index is 11.7. The second-order valence-electron chi connectivity index (χ2n) is 3.61. The lowest BCUT2D eigenvalue weighted by Crippen LogP contribution is -2.18. The Morgan fingerprint density at radius 1 is 1.41 bits per heavy atom. The van der Waals surface area contributed by atoms with Crippen LogP contribution in [0.1, 0.15) is 12.0 Å². The molecule has 0 aliphatic heterocycles. The fourth-order valence-electron chi connectivity index (χ4n) is 1.14. The summed E-state index contributed by atoms with van der Waals surface area (Å²) in [6.45, 7) is 1.52. The molecular formula is C12H14O4S. The van der Waals surface area contributed by atoms with Crippen LogP contribution in [-0.4, -0.2) is 26.2 Å². The van der Waals surface area contributed by atoms with Crippen molar-refractivity contribution in [3.63, 3.8) is 0 Å². The summed E-state index contributed by atoms with van der Waals surface area (Å²) in [5, 5.41) is 9.27. The van der Waals surface area contributed by atoms with Crippen LogP contribution in [0.4, 0.5) is 0 Å². The van der Waals surface area contributed by atoms with Gasteiger partial charge in [-0.15, -0.1) is 12.3 Å². The van der Waals surface area contributed by atoms with E-state index >= 15 is 0 Å². The van der Waals surface area contributed by atoms with Gasteiger partial charge in [0.1, 0.15) is 0 Å². The molecule has 5 heteroatoms. The van der Waals surface area contributed by atoms with Gasteiger partial charge in [0.15, 0.2) is 0 Å². The fraction of sp³-hybridized carbons (Fsp3) is 0.333. The number of aliphatic hydroxyl groups is 1. The molecule has 0 radical (unpaired) electrons. The lowest BCUT2D eigenvalue weighted by atomic mass is 10.2. The highest BCUT2D eigenvalue weighted by Gasteiger charge is 2.16. The molecule has 1 atom stereocenters. The monoisotopic (exact) mass is 254 g/mol. The van der Waals surface area contributed by atoms with Crippen molar-refractivity contribution >= 4 is 10.1 Å². The predicted molar refractivity (Wildman–Crippen MR) is 63.8 cm³/mol. The van der Waals surface area contributed by atoms with Crippen LogP contribution < -0.4 is 0 Å². The van der Waals surface area contributed by atoms with E-state index in [1.807, 2.05) is 6.92 Å². The van der Waals surface area contributed by atoms with Crippen LogP contribution in [0.3, 0.4) is 0 Å². The second-order valence-corrected chi connectivity index (χ2v) is 5.23. The van der Waals surface area contributed by atoms with E-state index in [9.17, 15) is 13.5 Å². The molecule has 0 aliphatic rings. The van der Waals surface area contributed by atoms with Gasteiger partial charge in [-0.05, 0) is 19.1 Å². The zero-order chi connectivity index (χ0) is 12.9. The molecule has 1 aromatic carbocycles. The van der Waals surface area contributed by atoms with Gasteiger partial charge in [-0.25, -0.2) is 0 Å². The second kappa shape index (κ2) is 5.82. The smallest absolute Gasteiger partial charge is 0.297 e. The fourth-order valence-corrected chi connectivity index (χ4v) is 2.08. The maximum atomic E-state index is 11.7. The molecule has 17 heavy (non-hydrogen) atoms. The molecule has 0 amide bonds. The minimum Gasteiger partial charge on any atom is -0.390 e. The lowest BCUT2D eigenvalue weighted by Gasteiger charge is -2.08. The lowest BCUT2D eigenvalue weighted by molar-refractivity contribution is 0.115. The average molecular weight is 254 g/mol. The maximum Gasteiger partial charge on any atom is 0.297 e. The molecule has 0 aliphatic carbocycles. The first-order valence-electron chi connectivity index (χ1n) is 5.03. The Labute approximate surface area is 101 Å². The van der Waals surface area contributed by atoms with Gasteiger partial charge in [-0.2, -0.15) is 8.42 Å². The molecule has 0 saturated carbocycles. The van der Waals surface area contributed by atoms with Crippen molar-refractivity contribution in [2.24, 2.45) is 0 Å². The number of aryl methyl sites for hydroxylation is 1.